The van der Waals surface area contributed by atoms with Gasteiger partial charge in [0.25, 0.3) is 5.91 Å². The van der Waals surface area contributed by atoms with Gasteiger partial charge in [-0.1, -0.05) is 25.5 Å². The van der Waals surface area contributed by atoms with E-state index in [1.54, 1.807) is 21.6 Å². The summed E-state index contributed by atoms with van der Waals surface area (Å²) in [6.45, 7) is 2.96. The molecule has 0 spiro atoms. The van der Waals surface area contributed by atoms with Gasteiger partial charge >= 0.3 is 5.97 Å². The number of carbonyl (C=O) groups is 3. The van der Waals surface area contributed by atoms with E-state index in [1.807, 2.05) is 24.3 Å². The first-order valence-electron chi connectivity index (χ1n) is 9.54. The van der Waals surface area contributed by atoms with Gasteiger partial charge < -0.3 is 14.5 Å². The van der Waals surface area contributed by atoms with Crippen molar-refractivity contribution in [3.05, 3.63) is 24.3 Å². The van der Waals surface area contributed by atoms with Crippen molar-refractivity contribution in [3.8, 4) is 0 Å². The summed E-state index contributed by atoms with van der Waals surface area (Å²) >= 11 is 1.76. The van der Waals surface area contributed by atoms with Gasteiger partial charge in [0, 0.05) is 29.7 Å². The summed E-state index contributed by atoms with van der Waals surface area (Å²) in [5, 5.41) is 0.417. The van der Waals surface area contributed by atoms with Crippen LogP contribution in [0.2, 0.25) is 0 Å². The summed E-state index contributed by atoms with van der Waals surface area (Å²) < 4.78 is 5.20. The molecule has 1 fully saturated rings. The third kappa shape index (κ3) is 5.25. The smallest absolute Gasteiger partial charge is 0.326 e. The second-order valence-corrected chi connectivity index (χ2v) is 8.50. The number of thioether (sulfide) groups is 1. The van der Waals surface area contributed by atoms with Crippen LogP contribution in [-0.4, -0.2) is 54.2 Å². The number of hydrogen-bond donors (Lipinski definition) is 0. The van der Waals surface area contributed by atoms with Gasteiger partial charge in [-0.25, -0.2) is 0 Å². The quantitative estimate of drug-likeness (QED) is 0.740. The topological polar surface area (TPSA) is 66.9 Å². The van der Waals surface area contributed by atoms with E-state index in [-0.39, 0.29) is 25.0 Å². The van der Waals surface area contributed by atoms with E-state index >= 15 is 0 Å². The van der Waals surface area contributed by atoms with E-state index in [2.05, 4.69) is 6.92 Å². The van der Waals surface area contributed by atoms with E-state index in [9.17, 15) is 14.4 Å². The lowest BCUT2D eigenvalue weighted by molar-refractivity contribution is -0.151. The van der Waals surface area contributed by atoms with Gasteiger partial charge in [0.05, 0.1) is 5.69 Å². The number of benzene rings is 1. The highest BCUT2D eigenvalue weighted by Crippen LogP contribution is 2.37. The van der Waals surface area contributed by atoms with Crippen LogP contribution in [0.15, 0.2) is 29.2 Å². The predicted molar refractivity (Wildman–Crippen MR) is 105 cm³/mol. The maximum absolute atomic E-state index is 12.7. The van der Waals surface area contributed by atoms with E-state index in [0.29, 0.717) is 24.8 Å². The van der Waals surface area contributed by atoms with Crippen LogP contribution in [0, 0.1) is 0 Å². The van der Waals surface area contributed by atoms with Gasteiger partial charge in [-0.05, 0) is 31.4 Å². The fourth-order valence-electron chi connectivity index (χ4n) is 3.37. The van der Waals surface area contributed by atoms with Gasteiger partial charge in [0.1, 0.15) is 6.54 Å². The molecule has 1 saturated heterocycles. The molecule has 3 rings (SSSR count). The Balaban J connectivity index is 1.57. The number of fused-ring (bicyclic) bond motifs is 1. The lowest BCUT2D eigenvalue weighted by atomic mass is 10.2. The van der Waals surface area contributed by atoms with Crippen molar-refractivity contribution in [1.82, 2.24) is 4.90 Å². The maximum Gasteiger partial charge on any atom is 0.326 e. The van der Waals surface area contributed by atoms with Gasteiger partial charge in [0.15, 0.2) is 6.61 Å². The Bertz CT molecular complexity index is 709. The van der Waals surface area contributed by atoms with Crippen molar-refractivity contribution >= 4 is 35.2 Å². The zero-order chi connectivity index (χ0) is 19.2. The number of likely N-dealkylation sites (tertiary alicyclic amines) is 1. The Hall–Kier alpha value is -2.02. The van der Waals surface area contributed by atoms with E-state index in [0.717, 1.165) is 36.3 Å². The zero-order valence-corrected chi connectivity index (χ0v) is 16.5. The summed E-state index contributed by atoms with van der Waals surface area (Å²) in [6, 6.07) is 7.81. The van der Waals surface area contributed by atoms with E-state index < -0.39 is 5.97 Å². The van der Waals surface area contributed by atoms with Gasteiger partial charge in [-0.15, -0.1) is 11.8 Å². The molecule has 1 aromatic carbocycles. The van der Waals surface area contributed by atoms with Crippen LogP contribution in [-0.2, 0) is 19.1 Å². The number of esters is 1. The molecule has 0 bridgehead atoms. The van der Waals surface area contributed by atoms with Crippen molar-refractivity contribution in [1.29, 1.82) is 0 Å². The lowest BCUT2D eigenvalue weighted by Crippen LogP contribution is -2.39. The molecule has 0 saturated carbocycles. The number of carbonyl (C=O) groups excluding carboxylic acids is 3. The predicted octanol–water partition coefficient (Wildman–Crippen LogP) is 2.85. The van der Waals surface area contributed by atoms with Crippen LogP contribution in [0.1, 0.15) is 39.0 Å². The highest BCUT2D eigenvalue weighted by atomic mass is 32.2. The molecule has 1 aromatic rings. The average molecular weight is 391 g/mol. The number of rotatable bonds is 4. The lowest BCUT2D eigenvalue weighted by Gasteiger charge is -2.23. The molecule has 7 heteroatoms. The van der Waals surface area contributed by atoms with Crippen molar-refractivity contribution in [2.24, 2.45) is 0 Å². The minimum atomic E-state index is -0.524. The van der Waals surface area contributed by atoms with Crippen molar-refractivity contribution in [3.63, 3.8) is 0 Å². The summed E-state index contributed by atoms with van der Waals surface area (Å²) in [5.41, 5.74) is 0.871. The van der Waals surface area contributed by atoms with Crippen LogP contribution in [0.4, 0.5) is 5.69 Å². The summed E-state index contributed by atoms with van der Waals surface area (Å²) in [5.74, 6) is -0.764. The van der Waals surface area contributed by atoms with Crippen LogP contribution < -0.4 is 4.90 Å². The second-order valence-electron chi connectivity index (χ2n) is 7.02. The molecule has 1 atom stereocenters. The first-order chi connectivity index (χ1) is 13.0. The minimum absolute atomic E-state index is 0.0109. The number of ether oxygens (including phenoxy) is 1. The molecule has 27 heavy (non-hydrogen) atoms. The van der Waals surface area contributed by atoms with E-state index in [4.69, 9.17) is 4.74 Å². The number of para-hydroxylation sites is 1. The molecule has 2 heterocycles. The molecule has 2 aliphatic rings. The Kier molecular flexibility index (Phi) is 6.77. The molecule has 146 valence electrons. The minimum Gasteiger partial charge on any atom is -0.454 e. The average Bonchev–Trinajstić information content (AvgIpc) is 2.95. The van der Waals surface area contributed by atoms with Crippen molar-refractivity contribution < 1.29 is 19.1 Å². The Morgan fingerprint density at radius 1 is 1.19 bits per heavy atom. The van der Waals surface area contributed by atoms with Crippen LogP contribution in [0.25, 0.3) is 0 Å². The molecule has 1 unspecified atom stereocenters. The Morgan fingerprint density at radius 2 is 2.00 bits per heavy atom. The van der Waals surface area contributed by atoms with Crippen LogP contribution in [0.3, 0.4) is 0 Å². The molecular weight excluding hydrogens is 364 g/mol. The SMILES string of the molecule is CC1CCN(C(=O)COC(=O)CN2CCCCCC2=O)c2ccccc2S1. The summed E-state index contributed by atoms with van der Waals surface area (Å²) in [4.78, 5) is 41.1. The normalized spacial score (nSPS) is 20.5. The fraction of sp³-hybridized carbons (Fsp3) is 0.550. The zero-order valence-electron chi connectivity index (χ0n) is 15.7. The number of hydrogen-bond acceptors (Lipinski definition) is 5. The Morgan fingerprint density at radius 3 is 2.85 bits per heavy atom. The molecule has 0 radical (unpaired) electrons. The first-order valence-corrected chi connectivity index (χ1v) is 10.4. The van der Waals surface area contributed by atoms with Crippen molar-refractivity contribution in [2.45, 2.75) is 49.2 Å². The van der Waals surface area contributed by atoms with Gasteiger partial charge in [-0.3, -0.25) is 14.4 Å². The van der Waals surface area contributed by atoms with Crippen LogP contribution >= 0.6 is 11.8 Å². The largest absolute Gasteiger partial charge is 0.454 e. The number of nitrogens with zero attached hydrogens (tertiary/aromatic N) is 2. The number of anilines is 1. The molecule has 6 nitrogen and oxygen atoms in total. The highest BCUT2D eigenvalue weighted by molar-refractivity contribution is 8.00. The monoisotopic (exact) mass is 390 g/mol. The number of amides is 2. The summed E-state index contributed by atoms with van der Waals surface area (Å²) in [6.07, 6.45) is 4.13. The van der Waals surface area contributed by atoms with E-state index in [1.165, 1.54) is 0 Å². The standard InChI is InChI=1S/C20H26N2O4S/c1-15-10-12-22(16-7-4-5-8-17(16)27-15)19(24)14-26-20(25)13-21-11-6-2-3-9-18(21)23/h4-5,7-8,15H,2-3,6,9-14H2,1H3. The third-order valence-corrected chi connectivity index (χ3v) is 6.13. The van der Waals surface area contributed by atoms with Gasteiger partial charge in [0.2, 0.25) is 5.91 Å². The molecular formula is C20H26N2O4S. The molecule has 0 aliphatic carbocycles. The fourth-order valence-corrected chi connectivity index (χ4v) is 4.49. The molecule has 2 amide bonds. The molecule has 0 N–H and O–H groups in total. The van der Waals surface area contributed by atoms with Crippen LogP contribution in [0.5, 0.6) is 0 Å². The highest BCUT2D eigenvalue weighted by Gasteiger charge is 2.25. The van der Waals surface area contributed by atoms with Crippen molar-refractivity contribution in [2.75, 3.05) is 31.1 Å². The summed E-state index contributed by atoms with van der Waals surface area (Å²) in [7, 11) is 0. The second kappa shape index (κ2) is 9.26. The Labute approximate surface area is 164 Å². The third-order valence-electron chi connectivity index (χ3n) is 4.89. The first kappa shape index (κ1) is 19.7. The van der Waals surface area contributed by atoms with Gasteiger partial charge in [-0.2, -0.15) is 0 Å². The molecule has 2 aliphatic heterocycles. The maximum atomic E-state index is 12.7. The molecule has 0 aromatic heterocycles.